The number of benzene rings is 2. The second-order valence-corrected chi connectivity index (χ2v) is 8.24. The summed E-state index contributed by atoms with van der Waals surface area (Å²) in [5.74, 6) is 0.730. The van der Waals surface area contributed by atoms with E-state index in [4.69, 9.17) is 15.2 Å². The number of rotatable bonds is 8. The molecule has 2 amide bonds. The van der Waals surface area contributed by atoms with Gasteiger partial charge in [0.05, 0.1) is 33.3 Å². The Bertz CT molecular complexity index is 904. The summed E-state index contributed by atoms with van der Waals surface area (Å²) in [6.45, 7) is 8.38. The van der Waals surface area contributed by atoms with Crippen LogP contribution in [-0.2, 0) is 11.3 Å². The third kappa shape index (κ3) is 5.98. The molecule has 0 radical (unpaired) electrons. The number of primary amides is 1. The minimum atomic E-state index is -0.571. The van der Waals surface area contributed by atoms with Crippen molar-refractivity contribution in [2.75, 3.05) is 39.9 Å². The van der Waals surface area contributed by atoms with Gasteiger partial charge in [-0.2, -0.15) is 0 Å². The molecule has 0 spiro atoms. The van der Waals surface area contributed by atoms with Crippen LogP contribution in [0.2, 0.25) is 0 Å². The smallest absolute Gasteiger partial charge is 0.255 e. The molecule has 0 bridgehead atoms. The zero-order valence-corrected chi connectivity index (χ0v) is 18.5. The van der Waals surface area contributed by atoms with E-state index in [9.17, 15) is 9.59 Å². The van der Waals surface area contributed by atoms with Crippen LogP contribution in [0.5, 0.6) is 11.5 Å². The van der Waals surface area contributed by atoms with Crippen molar-refractivity contribution in [1.82, 2.24) is 4.90 Å². The molecule has 1 aliphatic rings. The van der Waals surface area contributed by atoms with Crippen LogP contribution in [0.25, 0.3) is 0 Å². The highest BCUT2D eigenvalue weighted by Gasteiger charge is 2.25. The number of hydrogen-bond acceptors (Lipinski definition) is 4. The summed E-state index contributed by atoms with van der Waals surface area (Å²) >= 11 is 0. The van der Waals surface area contributed by atoms with E-state index in [2.05, 4.69) is 38.1 Å². The molecule has 0 saturated carbocycles. The van der Waals surface area contributed by atoms with Gasteiger partial charge in [-0.15, -0.1) is 0 Å². The molecule has 7 heteroatoms. The van der Waals surface area contributed by atoms with Crippen LogP contribution in [-0.4, -0.2) is 56.6 Å². The maximum absolute atomic E-state index is 13.0. The molecule has 2 aromatic rings. The highest BCUT2D eigenvalue weighted by molar-refractivity contribution is 5.95. The summed E-state index contributed by atoms with van der Waals surface area (Å²) < 4.78 is 10.6. The first kappa shape index (κ1) is 22.6. The molecule has 2 aromatic carbocycles. The first-order valence-corrected chi connectivity index (χ1v) is 10.7. The Balaban J connectivity index is 1.56. The topological polar surface area (TPSA) is 86.3 Å². The van der Waals surface area contributed by atoms with Gasteiger partial charge in [0, 0.05) is 11.1 Å². The summed E-state index contributed by atoms with van der Waals surface area (Å²) in [4.78, 5) is 27.2. The normalized spacial score (nSPS) is 14.5. The first-order valence-electron chi connectivity index (χ1n) is 10.7. The summed E-state index contributed by atoms with van der Waals surface area (Å²) in [6.07, 6.45) is 0. The van der Waals surface area contributed by atoms with Crippen LogP contribution >= 0.6 is 0 Å². The highest BCUT2D eigenvalue weighted by atomic mass is 16.5. The highest BCUT2D eigenvalue weighted by Crippen LogP contribution is 2.28. The molecule has 1 heterocycles. The molecular formula is C24H32N3O4+. The zero-order valence-electron chi connectivity index (χ0n) is 18.5. The molecule has 166 valence electrons. The lowest BCUT2D eigenvalue weighted by molar-refractivity contribution is -0.917. The largest absolute Gasteiger partial charge is 0.493 e. The van der Waals surface area contributed by atoms with Crippen LogP contribution in [0, 0.1) is 0 Å². The number of quaternary nitrogens is 1. The van der Waals surface area contributed by atoms with Gasteiger partial charge in [-0.25, -0.2) is 0 Å². The van der Waals surface area contributed by atoms with Crippen LogP contribution in [0.4, 0.5) is 0 Å². The standard InChI is InChI=1S/C24H31N3O4/c1-17(2)19-6-4-18(5-7-19)15-26-10-12-27(13-11-26)24(29)20-8-9-21(22(14-20)30-3)31-16-23(25)28/h4-9,14,17H,10-13,15-16H2,1-3H3,(H2,25,28)/p+1. The minimum Gasteiger partial charge on any atom is -0.493 e. The summed E-state index contributed by atoms with van der Waals surface area (Å²) in [7, 11) is 1.50. The van der Waals surface area contributed by atoms with Crippen molar-refractivity contribution >= 4 is 11.8 Å². The van der Waals surface area contributed by atoms with Crippen LogP contribution < -0.4 is 20.1 Å². The molecule has 7 nitrogen and oxygen atoms in total. The number of ether oxygens (including phenoxy) is 2. The number of carbonyl (C=O) groups excluding carboxylic acids is 2. The quantitative estimate of drug-likeness (QED) is 0.665. The van der Waals surface area contributed by atoms with Crippen molar-refractivity contribution < 1.29 is 24.0 Å². The van der Waals surface area contributed by atoms with Gasteiger partial charge in [0.2, 0.25) is 0 Å². The SMILES string of the molecule is COc1cc(C(=O)N2CC[NH+](Cc3ccc(C(C)C)cc3)CC2)ccc1OCC(N)=O. The molecular weight excluding hydrogens is 394 g/mol. The van der Waals surface area contributed by atoms with E-state index in [0.717, 1.165) is 19.6 Å². The summed E-state index contributed by atoms with van der Waals surface area (Å²) in [6, 6.07) is 13.8. The number of methoxy groups -OCH3 is 1. The van der Waals surface area contributed by atoms with Crippen molar-refractivity contribution in [3.8, 4) is 11.5 Å². The van der Waals surface area contributed by atoms with Gasteiger partial charge in [-0.05, 0) is 29.7 Å². The number of nitrogens with two attached hydrogens (primary N) is 1. The number of piperazine rings is 1. The lowest BCUT2D eigenvalue weighted by atomic mass is 10.0. The fourth-order valence-electron chi connectivity index (χ4n) is 3.76. The maximum atomic E-state index is 13.0. The molecule has 1 aliphatic heterocycles. The second-order valence-electron chi connectivity index (χ2n) is 8.24. The summed E-state index contributed by atoms with van der Waals surface area (Å²) in [5.41, 5.74) is 8.34. The van der Waals surface area contributed by atoms with E-state index in [1.54, 1.807) is 18.2 Å². The van der Waals surface area contributed by atoms with E-state index >= 15 is 0 Å². The van der Waals surface area contributed by atoms with E-state index in [1.807, 2.05) is 4.90 Å². The number of nitrogens with one attached hydrogen (secondary N) is 1. The first-order chi connectivity index (χ1) is 14.9. The van der Waals surface area contributed by atoms with Gasteiger partial charge in [-0.1, -0.05) is 38.1 Å². The van der Waals surface area contributed by atoms with Crippen LogP contribution in [0.3, 0.4) is 0 Å². The Kier molecular flexibility index (Phi) is 7.52. The number of nitrogens with zero attached hydrogens (tertiary/aromatic N) is 1. The monoisotopic (exact) mass is 426 g/mol. The van der Waals surface area contributed by atoms with E-state index in [1.165, 1.54) is 23.1 Å². The Morgan fingerprint density at radius 2 is 1.74 bits per heavy atom. The fourth-order valence-corrected chi connectivity index (χ4v) is 3.76. The maximum Gasteiger partial charge on any atom is 0.255 e. The van der Waals surface area contributed by atoms with Crippen molar-refractivity contribution in [1.29, 1.82) is 0 Å². The predicted molar refractivity (Wildman–Crippen MR) is 119 cm³/mol. The average Bonchev–Trinajstić information content (AvgIpc) is 2.78. The third-order valence-corrected chi connectivity index (χ3v) is 5.64. The van der Waals surface area contributed by atoms with E-state index in [-0.39, 0.29) is 12.5 Å². The Morgan fingerprint density at radius 3 is 2.32 bits per heavy atom. The molecule has 1 fully saturated rings. The van der Waals surface area contributed by atoms with Gasteiger partial charge in [0.25, 0.3) is 11.8 Å². The molecule has 0 aliphatic carbocycles. The Labute approximate surface area is 183 Å². The van der Waals surface area contributed by atoms with Gasteiger partial charge in [0.1, 0.15) is 6.54 Å². The molecule has 31 heavy (non-hydrogen) atoms. The molecule has 3 N–H and O–H groups in total. The van der Waals surface area contributed by atoms with E-state index < -0.39 is 5.91 Å². The lowest BCUT2D eigenvalue weighted by Crippen LogP contribution is -3.13. The number of carbonyl (C=O) groups is 2. The number of amides is 2. The summed E-state index contributed by atoms with van der Waals surface area (Å²) in [5, 5.41) is 0. The average molecular weight is 427 g/mol. The second kappa shape index (κ2) is 10.3. The van der Waals surface area contributed by atoms with Crippen LogP contribution in [0.1, 0.15) is 41.3 Å². The molecule has 0 unspecified atom stereocenters. The lowest BCUT2D eigenvalue weighted by Gasteiger charge is -2.32. The van der Waals surface area contributed by atoms with Crippen LogP contribution in [0.15, 0.2) is 42.5 Å². The molecule has 1 saturated heterocycles. The molecule has 3 rings (SSSR count). The number of hydrogen-bond donors (Lipinski definition) is 2. The van der Waals surface area contributed by atoms with E-state index in [0.29, 0.717) is 36.1 Å². The van der Waals surface area contributed by atoms with Gasteiger partial charge in [-0.3, -0.25) is 9.59 Å². The van der Waals surface area contributed by atoms with Crippen molar-refractivity contribution in [2.24, 2.45) is 5.73 Å². The third-order valence-electron chi connectivity index (χ3n) is 5.64. The van der Waals surface area contributed by atoms with Gasteiger partial charge in [0.15, 0.2) is 18.1 Å². The van der Waals surface area contributed by atoms with Gasteiger partial charge < -0.3 is 25.0 Å². The Morgan fingerprint density at radius 1 is 1.06 bits per heavy atom. The zero-order chi connectivity index (χ0) is 22.4. The predicted octanol–water partition coefficient (Wildman–Crippen LogP) is 1.22. The fraction of sp³-hybridized carbons (Fsp3) is 0.417. The van der Waals surface area contributed by atoms with Gasteiger partial charge >= 0.3 is 0 Å². The van der Waals surface area contributed by atoms with Crippen molar-refractivity contribution in [3.05, 3.63) is 59.2 Å². The minimum absolute atomic E-state index is 0.0277. The van der Waals surface area contributed by atoms with Crippen molar-refractivity contribution in [2.45, 2.75) is 26.3 Å². The Hall–Kier alpha value is -3.06. The molecule has 0 aromatic heterocycles. The molecule has 0 atom stereocenters. The van der Waals surface area contributed by atoms with Crippen molar-refractivity contribution in [3.63, 3.8) is 0 Å².